The molecule has 1 saturated heterocycles. The van der Waals surface area contributed by atoms with Crippen LogP contribution in [-0.2, 0) is 15.0 Å². The Kier molecular flexibility index (Phi) is 3.62. The van der Waals surface area contributed by atoms with Crippen LogP contribution in [0.3, 0.4) is 0 Å². The third-order valence-corrected chi connectivity index (χ3v) is 5.29. The minimum atomic E-state index is -4.57. The van der Waals surface area contributed by atoms with Crippen molar-refractivity contribution >= 4 is 55.0 Å². The molecule has 0 N–H and O–H groups in total. The number of amides is 1. The second-order valence-corrected chi connectivity index (χ2v) is 7.92. The molecule has 0 aliphatic carbocycles. The normalized spacial score (nSPS) is 19.6. The van der Waals surface area contributed by atoms with Gasteiger partial charge in [-0.15, -0.1) is 15.2 Å². The van der Waals surface area contributed by atoms with Crippen LogP contribution in [0.5, 0.6) is 0 Å². The molecule has 2 heterocycles. The van der Waals surface area contributed by atoms with Crippen molar-refractivity contribution in [3.63, 3.8) is 0 Å². The molecule has 3 rings (SSSR count). The smallest absolute Gasteiger partial charge is 0.302 e. The SMILES string of the molecule is O=C1CC(CS(=O)(=O)F)CN1c1ccc2nc(Cl)sc2c1. The second kappa shape index (κ2) is 5.19. The van der Waals surface area contributed by atoms with E-state index in [4.69, 9.17) is 11.6 Å². The van der Waals surface area contributed by atoms with E-state index < -0.39 is 21.9 Å². The zero-order valence-electron chi connectivity index (χ0n) is 10.6. The van der Waals surface area contributed by atoms with Gasteiger partial charge in [0.15, 0.2) is 4.47 Å². The van der Waals surface area contributed by atoms with E-state index in [1.54, 1.807) is 18.2 Å². The Morgan fingerprint density at radius 2 is 2.24 bits per heavy atom. The van der Waals surface area contributed by atoms with E-state index >= 15 is 0 Å². The van der Waals surface area contributed by atoms with Gasteiger partial charge in [-0.2, -0.15) is 8.42 Å². The number of carbonyl (C=O) groups excluding carboxylic acids is 1. The van der Waals surface area contributed by atoms with Gasteiger partial charge in [0.05, 0.1) is 16.0 Å². The predicted molar refractivity (Wildman–Crippen MR) is 80.0 cm³/mol. The van der Waals surface area contributed by atoms with E-state index in [0.717, 1.165) is 10.2 Å². The fourth-order valence-corrected chi connectivity index (χ4v) is 4.33. The van der Waals surface area contributed by atoms with E-state index in [-0.39, 0.29) is 18.9 Å². The summed E-state index contributed by atoms with van der Waals surface area (Å²) in [5.74, 6) is -1.35. The maximum absolute atomic E-state index is 12.7. The molecule has 2 aromatic rings. The first-order valence-electron chi connectivity index (χ1n) is 6.10. The number of rotatable bonds is 3. The number of thiazole rings is 1. The van der Waals surface area contributed by atoms with Crippen LogP contribution in [-0.4, -0.2) is 31.6 Å². The standard InChI is InChI=1S/C12H10ClFN2O3S2/c13-12-15-9-2-1-8(4-10(9)20-12)16-5-7(3-11(16)17)6-21(14,18)19/h1-2,4,7H,3,5-6H2. The van der Waals surface area contributed by atoms with Gasteiger partial charge in [0.2, 0.25) is 5.91 Å². The fourth-order valence-electron chi connectivity index (χ4n) is 2.48. The predicted octanol–water partition coefficient (Wildman–Crippen LogP) is 2.60. The van der Waals surface area contributed by atoms with Crippen LogP contribution in [0.1, 0.15) is 6.42 Å². The summed E-state index contributed by atoms with van der Waals surface area (Å²) in [5, 5.41) is 0. The summed E-state index contributed by atoms with van der Waals surface area (Å²) < 4.78 is 35.4. The molecule has 21 heavy (non-hydrogen) atoms. The zero-order valence-corrected chi connectivity index (χ0v) is 13.0. The Bertz CT molecular complexity index is 821. The van der Waals surface area contributed by atoms with Gasteiger partial charge in [-0.25, -0.2) is 4.98 Å². The maximum Gasteiger partial charge on any atom is 0.302 e. The van der Waals surface area contributed by atoms with Crippen molar-refractivity contribution in [1.82, 2.24) is 4.98 Å². The van der Waals surface area contributed by atoms with Gasteiger partial charge < -0.3 is 4.90 Å². The Morgan fingerprint density at radius 1 is 1.48 bits per heavy atom. The molecule has 5 nitrogen and oxygen atoms in total. The lowest BCUT2D eigenvalue weighted by Gasteiger charge is -2.16. The van der Waals surface area contributed by atoms with E-state index in [2.05, 4.69) is 4.98 Å². The Morgan fingerprint density at radius 3 is 2.95 bits per heavy atom. The van der Waals surface area contributed by atoms with Crippen LogP contribution in [0.4, 0.5) is 9.57 Å². The monoisotopic (exact) mass is 348 g/mol. The molecule has 1 aliphatic rings. The highest BCUT2D eigenvalue weighted by Crippen LogP contribution is 2.32. The zero-order chi connectivity index (χ0) is 15.2. The van der Waals surface area contributed by atoms with Gasteiger partial charge in [0.25, 0.3) is 0 Å². The molecular weight excluding hydrogens is 339 g/mol. The van der Waals surface area contributed by atoms with Crippen molar-refractivity contribution in [3.8, 4) is 0 Å². The molecule has 1 fully saturated rings. The van der Waals surface area contributed by atoms with Crippen LogP contribution < -0.4 is 4.90 Å². The summed E-state index contributed by atoms with van der Waals surface area (Å²) >= 11 is 7.14. The van der Waals surface area contributed by atoms with Gasteiger partial charge in [-0.05, 0) is 18.2 Å². The van der Waals surface area contributed by atoms with Crippen LogP contribution in [0.25, 0.3) is 10.2 Å². The molecule has 1 aliphatic heterocycles. The van der Waals surface area contributed by atoms with Crippen molar-refractivity contribution in [1.29, 1.82) is 0 Å². The Hall–Kier alpha value is -1.25. The van der Waals surface area contributed by atoms with E-state index in [1.807, 2.05) is 0 Å². The topological polar surface area (TPSA) is 67.3 Å². The van der Waals surface area contributed by atoms with Crippen LogP contribution in [0.15, 0.2) is 18.2 Å². The molecule has 1 atom stereocenters. The molecule has 0 radical (unpaired) electrons. The lowest BCUT2D eigenvalue weighted by Crippen LogP contribution is -2.25. The number of anilines is 1. The van der Waals surface area contributed by atoms with Crippen LogP contribution in [0, 0.1) is 5.92 Å². The number of hydrogen-bond donors (Lipinski definition) is 0. The average molecular weight is 349 g/mol. The first-order valence-corrected chi connectivity index (χ1v) is 8.85. The van der Waals surface area contributed by atoms with Crippen LogP contribution in [0.2, 0.25) is 4.47 Å². The number of carbonyl (C=O) groups is 1. The molecule has 1 aromatic heterocycles. The molecule has 9 heteroatoms. The molecule has 0 spiro atoms. The quantitative estimate of drug-likeness (QED) is 0.800. The van der Waals surface area contributed by atoms with Crippen LogP contribution >= 0.6 is 22.9 Å². The molecule has 1 amide bonds. The maximum atomic E-state index is 12.7. The van der Waals surface area contributed by atoms with Gasteiger partial charge in [0.1, 0.15) is 0 Å². The molecular formula is C12H10ClFN2O3S2. The summed E-state index contributed by atoms with van der Waals surface area (Å²) in [4.78, 5) is 17.6. The third-order valence-electron chi connectivity index (χ3n) is 3.30. The van der Waals surface area contributed by atoms with E-state index in [9.17, 15) is 17.1 Å². The summed E-state index contributed by atoms with van der Waals surface area (Å²) in [5.41, 5.74) is 1.38. The summed E-state index contributed by atoms with van der Waals surface area (Å²) in [6.45, 7) is 0.194. The number of benzene rings is 1. The Labute approximate surface area is 129 Å². The number of halogens is 2. The molecule has 0 saturated carbocycles. The highest BCUT2D eigenvalue weighted by Gasteiger charge is 2.33. The minimum absolute atomic E-state index is 0.0324. The van der Waals surface area contributed by atoms with Crippen molar-refractivity contribution in [2.24, 2.45) is 5.92 Å². The summed E-state index contributed by atoms with van der Waals surface area (Å²) in [6.07, 6.45) is 0.0324. The average Bonchev–Trinajstić information content (AvgIpc) is 2.88. The lowest BCUT2D eigenvalue weighted by atomic mass is 10.1. The third kappa shape index (κ3) is 3.17. The first kappa shape index (κ1) is 14.7. The van der Waals surface area contributed by atoms with Gasteiger partial charge in [0, 0.05) is 24.6 Å². The highest BCUT2D eigenvalue weighted by atomic mass is 35.5. The largest absolute Gasteiger partial charge is 0.312 e. The first-order chi connectivity index (χ1) is 9.82. The van der Waals surface area contributed by atoms with Gasteiger partial charge in [-0.1, -0.05) is 11.6 Å². The second-order valence-electron chi connectivity index (χ2n) is 4.90. The molecule has 1 unspecified atom stereocenters. The fraction of sp³-hybridized carbons (Fsp3) is 0.333. The minimum Gasteiger partial charge on any atom is -0.312 e. The van der Waals surface area contributed by atoms with Crippen molar-refractivity contribution in [2.75, 3.05) is 17.2 Å². The molecule has 1 aromatic carbocycles. The van der Waals surface area contributed by atoms with Crippen molar-refractivity contribution in [2.45, 2.75) is 6.42 Å². The van der Waals surface area contributed by atoms with Gasteiger partial charge in [-0.3, -0.25) is 4.79 Å². The lowest BCUT2D eigenvalue weighted by molar-refractivity contribution is -0.117. The van der Waals surface area contributed by atoms with Gasteiger partial charge >= 0.3 is 10.2 Å². The Balaban J connectivity index is 1.86. The summed E-state index contributed by atoms with van der Waals surface area (Å²) in [6, 6.07) is 5.26. The number of nitrogens with zero attached hydrogens (tertiary/aromatic N) is 2. The number of aromatic nitrogens is 1. The highest BCUT2D eigenvalue weighted by molar-refractivity contribution is 7.86. The van der Waals surface area contributed by atoms with Crippen molar-refractivity contribution in [3.05, 3.63) is 22.7 Å². The van der Waals surface area contributed by atoms with Crippen molar-refractivity contribution < 1.29 is 17.1 Å². The molecule has 112 valence electrons. The number of fused-ring (bicyclic) bond motifs is 1. The molecule has 0 bridgehead atoms. The summed E-state index contributed by atoms with van der Waals surface area (Å²) in [7, 11) is -4.57. The van der Waals surface area contributed by atoms with E-state index in [1.165, 1.54) is 16.2 Å². The van der Waals surface area contributed by atoms with E-state index in [0.29, 0.717) is 10.2 Å². The number of hydrogen-bond acceptors (Lipinski definition) is 5.